The van der Waals surface area contributed by atoms with Crippen LogP contribution in [0.5, 0.6) is 0 Å². The molecule has 1 heterocycles. The van der Waals surface area contributed by atoms with E-state index >= 15 is 0 Å². The van der Waals surface area contributed by atoms with Crippen LogP contribution in [0.25, 0.3) is 0 Å². The van der Waals surface area contributed by atoms with Gasteiger partial charge in [0.25, 0.3) is 10.0 Å². The number of aliphatic hydroxyl groups is 1. The second-order valence-corrected chi connectivity index (χ2v) is 6.81. The van der Waals surface area contributed by atoms with Crippen molar-refractivity contribution >= 4 is 16.0 Å². The van der Waals surface area contributed by atoms with Crippen molar-refractivity contribution in [3.63, 3.8) is 0 Å². The highest BCUT2D eigenvalue weighted by Gasteiger charge is 2.33. The van der Waals surface area contributed by atoms with Crippen LogP contribution in [0.1, 0.15) is 36.0 Å². The average Bonchev–Trinajstić information content (AvgIpc) is 2.98. The molecule has 1 aliphatic carbocycles. The highest BCUT2D eigenvalue weighted by Crippen LogP contribution is 2.27. The zero-order valence-electron chi connectivity index (χ0n) is 11.5. The van der Waals surface area contributed by atoms with Gasteiger partial charge in [0.2, 0.25) is 0 Å². The van der Waals surface area contributed by atoms with Gasteiger partial charge in [-0.3, -0.25) is 0 Å². The van der Waals surface area contributed by atoms with Crippen LogP contribution in [0.2, 0.25) is 0 Å². The molecule has 0 bridgehead atoms. The molecule has 0 amide bonds. The van der Waals surface area contributed by atoms with Crippen LogP contribution >= 0.6 is 0 Å². The van der Waals surface area contributed by atoms with Crippen LogP contribution < -0.4 is 0 Å². The predicted octanol–water partition coefficient (Wildman–Crippen LogP) is 0.705. The number of carboxylic acid groups (broad SMARTS) is 1. The van der Waals surface area contributed by atoms with Gasteiger partial charge >= 0.3 is 5.97 Å². The molecule has 0 unspecified atom stereocenters. The molecule has 0 atom stereocenters. The van der Waals surface area contributed by atoms with Gasteiger partial charge in [0.15, 0.2) is 5.03 Å². The average molecular weight is 314 g/mol. The number of sulfonamides is 1. The van der Waals surface area contributed by atoms with Crippen LogP contribution in [-0.4, -0.2) is 53.1 Å². The van der Waals surface area contributed by atoms with Crippen LogP contribution in [0.3, 0.4) is 0 Å². The Morgan fingerprint density at radius 1 is 1.33 bits per heavy atom. The number of aliphatic hydroxyl groups excluding tert-OH is 1. The number of hydrogen-bond acceptors (Lipinski definition) is 5. The van der Waals surface area contributed by atoms with E-state index in [4.69, 9.17) is 10.2 Å². The van der Waals surface area contributed by atoms with Gasteiger partial charge in [0, 0.05) is 18.8 Å². The summed E-state index contributed by atoms with van der Waals surface area (Å²) in [5.41, 5.74) is -0.0662. The first-order valence-electron chi connectivity index (χ1n) is 6.79. The van der Waals surface area contributed by atoms with E-state index in [1.54, 1.807) is 0 Å². The van der Waals surface area contributed by atoms with Gasteiger partial charge in [-0.15, -0.1) is 0 Å². The number of pyridine rings is 1. The van der Waals surface area contributed by atoms with Crippen molar-refractivity contribution in [2.45, 2.75) is 36.8 Å². The Labute approximate surface area is 123 Å². The van der Waals surface area contributed by atoms with Crippen LogP contribution in [-0.2, 0) is 10.0 Å². The number of rotatable bonds is 6. The van der Waals surface area contributed by atoms with Gasteiger partial charge in [-0.2, -0.15) is 4.31 Å². The Hall–Kier alpha value is -1.51. The summed E-state index contributed by atoms with van der Waals surface area (Å²) in [7, 11) is -3.82. The summed E-state index contributed by atoms with van der Waals surface area (Å²) < 4.78 is 26.5. The summed E-state index contributed by atoms with van der Waals surface area (Å²) in [6.07, 6.45) is 4.50. The maximum absolute atomic E-state index is 12.6. The topological polar surface area (TPSA) is 108 Å². The molecular weight excluding hydrogens is 296 g/mol. The molecule has 1 aromatic rings. The molecule has 7 nitrogen and oxygen atoms in total. The van der Waals surface area contributed by atoms with E-state index in [9.17, 15) is 13.2 Å². The predicted molar refractivity (Wildman–Crippen MR) is 74.4 cm³/mol. The lowest BCUT2D eigenvalue weighted by molar-refractivity contribution is 0.0696. The fourth-order valence-corrected chi connectivity index (χ4v) is 4.16. The zero-order valence-corrected chi connectivity index (χ0v) is 12.3. The van der Waals surface area contributed by atoms with Crippen molar-refractivity contribution in [3.8, 4) is 0 Å². The molecule has 0 aliphatic heterocycles. The molecular formula is C13H18N2O5S. The minimum absolute atomic E-state index is 0.0232. The van der Waals surface area contributed by atoms with Gasteiger partial charge in [-0.1, -0.05) is 12.8 Å². The van der Waals surface area contributed by atoms with Crippen molar-refractivity contribution in [2.75, 3.05) is 13.2 Å². The van der Waals surface area contributed by atoms with Crippen molar-refractivity contribution in [1.82, 2.24) is 9.29 Å². The van der Waals surface area contributed by atoms with Gasteiger partial charge in [0.1, 0.15) is 0 Å². The van der Waals surface area contributed by atoms with Gasteiger partial charge < -0.3 is 10.2 Å². The summed E-state index contributed by atoms with van der Waals surface area (Å²) in [6.45, 7) is -0.238. The summed E-state index contributed by atoms with van der Waals surface area (Å²) >= 11 is 0. The lowest BCUT2D eigenvalue weighted by Crippen LogP contribution is -2.41. The fraction of sp³-hybridized carbons (Fsp3) is 0.538. The molecule has 0 aromatic carbocycles. The summed E-state index contributed by atoms with van der Waals surface area (Å²) in [5.74, 6) is -1.16. The maximum atomic E-state index is 12.6. The minimum atomic E-state index is -3.82. The number of carboxylic acids is 1. The number of carbonyl (C=O) groups is 1. The monoisotopic (exact) mass is 314 g/mol. The standard InChI is InChI=1S/C13H18N2O5S/c16-8-7-15(11-3-1-2-4-11)21(19,20)12-6-5-10(9-14-12)13(17)18/h5-6,9,11,16H,1-4,7-8H2,(H,17,18). The molecule has 21 heavy (non-hydrogen) atoms. The van der Waals surface area contributed by atoms with E-state index in [1.807, 2.05) is 0 Å². The van der Waals surface area contributed by atoms with Crippen LogP contribution in [0.15, 0.2) is 23.4 Å². The Morgan fingerprint density at radius 2 is 2.00 bits per heavy atom. The third-order valence-electron chi connectivity index (χ3n) is 3.61. The molecule has 0 radical (unpaired) electrons. The highest BCUT2D eigenvalue weighted by atomic mass is 32.2. The Bertz CT molecular complexity index is 593. The quantitative estimate of drug-likeness (QED) is 0.800. The maximum Gasteiger partial charge on any atom is 0.337 e. The fourth-order valence-electron chi connectivity index (χ4n) is 2.57. The van der Waals surface area contributed by atoms with Crippen molar-refractivity contribution < 1.29 is 23.4 Å². The molecule has 1 fully saturated rings. The zero-order chi connectivity index (χ0) is 15.5. The molecule has 8 heteroatoms. The third-order valence-corrected chi connectivity index (χ3v) is 5.48. The van der Waals surface area contributed by atoms with Crippen molar-refractivity contribution in [2.24, 2.45) is 0 Å². The highest BCUT2D eigenvalue weighted by molar-refractivity contribution is 7.89. The first-order chi connectivity index (χ1) is 9.96. The molecule has 2 N–H and O–H groups in total. The lowest BCUT2D eigenvalue weighted by Gasteiger charge is -2.26. The molecule has 116 valence electrons. The van der Waals surface area contributed by atoms with Gasteiger partial charge in [0.05, 0.1) is 12.2 Å². The molecule has 1 aliphatic rings. The molecule has 1 aromatic heterocycles. The van der Waals surface area contributed by atoms with Gasteiger partial charge in [-0.05, 0) is 25.0 Å². The second kappa shape index (κ2) is 6.50. The molecule has 1 saturated carbocycles. The minimum Gasteiger partial charge on any atom is -0.478 e. The number of aromatic carboxylic acids is 1. The van der Waals surface area contributed by atoms with Crippen molar-refractivity contribution in [3.05, 3.63) is 23.9 Å². The van der Waals surface area contributed by atoms with Crippen molar-refractivity contribution in [1.29, 1.82) is 0 Å². The second-order valence-electron chi connectivity index (χ2n) is 4.97. The van der Waals surface area contributed by atoms with E-state index in [1.165, 1.54) is 16.4 Å². The SMILES string of the molecule is O=C(O)c1ccc(S(=O)(=O)N(CCO)C2CCCC2)nc1. The lowest BCUT2D eigenvalue weighted by atomic mass is 10.2. The largest absolute Gasteiger partial charge is 0.478 e. The van der Waals surface area contributed by atoms with E-state index in [0.29, 0.717) is 0 Å². The van der Waals surface area contributed by atoms with E-state index in [-0.39, 0.29) is 29.8 Å². The van der Waals surface area contributed by atoms with Gasteiger partial charge in [-0.25, -0.2) is 18.2 Å². The molecule has 0 saturated heterocycles. The normalized spacial score (nSPS) is 16.5. The smallest absolute Gasteiger partial charge is 0.337 e. The summed E-state index contributed by atoms with van der Waals surface area (Å²) in [5, 5.41) is 17.7. The van der Waals surface area contributed by atoms with Crippen LogP contribution in [0, 0.1) is 0 Å². The third kappa shape index (κ3) is 3.39. The van der Waals surface area contributed by atoms with E-state index < -0.39 is 16.0 Å². The van der Waals surface area contributed by atoms with E-state index in [2.05, 4.69) is 4.98 Å². The number of aromatic nitrogens is 1. The number of nitrogens with zero attached hydrogens (tertiary/aromatic N) is 2. The first kappa shape index (κ1) is 15.9. The summed E-state index contributed by atoms with van der Waals surface area (Å²) in [4.78, 5) is 14.5. The van der Waals surface area contributed by atoms with E-state index in [0.717, 1.165) is 31.9 Å². The number of hydrogen-bond donors (Lipinski definition) is 2. The molecule has 0 spiro atoms. The Morgan fingerprint density at radius 3 is 2.48 bits per heavy atom. The Balaban J connectivity index is 2.30. The summed E-state index contributed by atoms with van der Waals surface area (Å²) in [6, 6.07) is 2.29. The first-order valence-corrected chi connectivity index (χ1v) is 8.23. The van der Waals surface area contributed by atoms with Crippen LogP contribution in [0.4, 0.5) is 0 Å². The molecule has 2 rings (SSSR count). The Kier molecular flexibility index (Phi) is 4.92.